The van der Waals surface area contributed by atoms with Crippen molar-refractivity contribution in [1.82, 2.24) is 4.90 Å². The van der Waals surface area contributed by atoms with E-state index in [0.29, 0.717) is 36.8 Å². The molecule has 4 aliphatic carbocycles. The summed E-state index contributed by atoms with van der Waals surface area (Å²) in [6.07, 6.45) is 10.4. The first kappa shape index (κ1) is 22.5. The Morgan fingerprint density at radius 2 is 1.69 bits per heavy atom. The Hall–Kier alpha value is -1.30. The van der Waals surface area contributed by atoms with E-state index in [-0.39, 0.29) is 28.9 Å². The first-order valence-corrected chi connectivity index (χ1v) is 13.1. The molecule has 1 heterocycles. The number of carboxylic acid groups (broad SMARTS) is 1. The Labute approximate surface area is 192 Å². The number of likely N-dealkylation sites (tertiary alicyclic amines) is 1. The fourth-order valence-corrected chi connectivity index (χ4v) is 9.07. The first-order valence-electron chi connectivity index (χ1n) is 13.1. The first-order chi connectivity index (χ1) is 15.2. The molecule has 5 fully saturated rings. The molecule has 6 heteroatoms. The SMILES string of the molecule is C[C@]12CCC(OC(=O)N3CCCC(O)C3)CC1CC[C@@H]1[C@@H]2CC[C@]2(C)C(C(=O)O)CC[C@@H]12. The van der Waals surface area contributed by atoms with Crippen LogP contribution in [0.15, 0.2) is 0 Å². The lowest BCUT2D eigenvalue weighted by Crippen LogP contribution is -2.54. The molecule has 1 aliphatic heterocycles. The largest absolute Gasteiger partial charge is 0.481 e. The van der Waals surface area contributed by atoms with Crippen LogP contribution in [0.4, 0.5) is 4.79 Å². The quantitative estimate of drug-likeness (QED) is 0.641. The van der Waals surface area contributed by atoms with Gasteiger partial charge in [-0.3, -0.25) is 4.79 Å². The van der Waals surface area contributed by atoms with Gasteiger partial charge in [0.1, 0.15) is 6.10 Å². The molecule has 0 radical (unpaired) electrons. The Morgan fingerprint density at radius 3 is 2.44 bits per heavy atom. The Morgan fingerprint density at radius 1 is 0.938 bits per heavy atom. The molecule has 1 amide bonds. The number of rotatable bonds is 2. The number of aliphatic carboxylic acids is 1. The topological polar surface area (TPSA) is 87.1 Å². The van der Waals surface area contributed by atoms with Crippen LogP contribution in [0, 0.1) is 40.4 Å². The van der Waals surface area contributed by atoms with Gasteiger partial charge in [0.05, 0.1) is 12.0 Å². The number of fused-ring (bicyclic) bond motifs is 5. The molecule has 1 saturated heterocycles. The van der Waals surface area contributed by atoms with Gasteiger partial charge in [0.25, 0.3) is 0 Å². The van der Waals surface area contributed by atoms with Gasteiger partial charge in [0.15, 0.2) is 0 Å². The molecule has 5 aliphatic rings. The minimum atomic E-state index is -0.586. The van der Waals surface area contributed by atoms with Gasteiger partial charge in [0.2, 0.25) is 0 Å². The highest BCUT2D eigenvalue weighted by atomic mass is 16.6. The zero-order valence-corrected chi connectivity index (χ0v) is 19.8. The maximum atomic E-state index is 12.7. The number of carbonyl (C=O) groups is 2. The third kappa shape index (κ3) is 3.56. The van der Waals surface area contributed by atoms with Gasteiger partial charge in [-0.2, -0.15) is 0 Å². The standard InChI is InChI=1S/C26H41NO5/c1-25-11-9-18(32-24(31)27-13-3-4-17(28)15-27)14-16(25)5-6-19-20-7-8-22(23(29)30)26(20,2)12-10-21(19)25/h16-22,28H,3-15H2,1-2H3,(H,29,30)/t16?,17?,18?,19-,20-,21-,22?,25-,26-/m0/s1. The van der Waals surface area contributed by atoms with Gasteiger partial charge in [0, 0.05) is 13.1 Å². The van der Waals surface area contributed by atoms with Gasteiger partial charge < -0.3 is 19.8 Å². The van der Waals surface area contributed by atoms with Crippen molar-refractivity contribution in [3.8, 4) is 0 Å². The molecule has 0 aromatic rings. The fraction of sp³-hybridized carbons (Fsp3) is 0.923. The third-order valence-electron chi connectivity index (χ3n) is 10.8. The molecule has 32 heavy (non-hydrogen) atoms. The highest BCUT2D eigenvalue weighted by molar-refractivity contribution is 5.71. The summed E-state index contributed by atoms with van der Waals surface area (Å²) in [6, 6.07) is 0. The lowest BCUT2D eigenvalue weighted by Gasteiger charge is -2.60. The van der Waals surface area contributed by atoms with Crippen LogP contribution in [0.5, 0.6) is 0 Å². The average Bonchev–Trinajstić information content (AvgIpc) is 3.11. The second-order valence-corrected chi connectivity index (χ2v) is 12.2. The Kier molecular flexibility index (Phi) is 5.75. The van der Waals surface area contributed by atoms with Crippen LogP contribution < -0.4 is 0 Å². The van der Waals surface area contributed by atoms with E-state index in [1.807, 2.05) is 0 Å². The van der Waals surface area contributed by atoms with Crippen LogP contribution in [0.1, 0.15) is 84.5 Å². The highest BCUT2D eigenvalue weighted by Gasteiger charge is 2.61. The Bertz CT molecular complexity index is 756. The summed E-state index contributed by atoms with van der Waals surface area (Å²) in [5, 5.41) is 19.7. The van der Waals surface area contributed by atoms with Crippen LogP contribution in [-0.4, -0.2) is 52.5 Å². The predicted octanol–water partition coefficient (Wildman–Crippen LogP) is 4.69. The van der Waals surface area contributed by atoms with E-state index in [4.69, 9.17) is 4.74 Å². The van der Waals surface area contributed by atoms with Gasteiger partial charge >= 0.3 is 12.1 Å². The lowest BCUT2D eigenvalue weighted by molar-refractivity contribution is -0.154. The van der Waals surface area contributed by atoms with Gasteiger partial charge in [-0.05, 0) is 105 Å². The number of aliphatic hydroxyl groups is 1. The fourth-order valence-electron chi connectivity index (χ4n) is 9.07. The van der Waals surface area contributed by atoms with E-state index in [2.05, 4.69) is 13.8 Å². The minimum absolute atomic E-state index is 0.00655. The minimum Gasteiger partial charge on any atom is -0.481 e. The Balaban J connectivity index is 1.24. The second kappa shape index (κ2) is 8.18. The van der Waals surface area contributed by atoms with Crippen molar-refractivity contribution in [3.05, 3.63) is 0 Å². The molecule has 2 N–H and O–H groups in total. The van der Waals surface area contributed by atoms with Crippen molar-refractivity contribution < 1.29 is 24.5 Å². The molecule has 4 unspecified atom stereocenters. The molecular weight excluding hydrogens is 406 g/mol. The van der Waals surface area contributed by atoms with Crippen LogP contribution in [-0.2, 0) is 9.53 Å². The van der Waals surface area contributed by atoms with E-state index in [1.165, 1.54) is 12.8 Å². The number of β-amino-alcohol motifs (C(OH)–C–C–N with tert-alkyl or cyclic N) is 1. The lowest BCUT2D eigenvalue weighted by atomic mass is 9.44. The van der Waals surface area contributed by atoms with E-state index in [1.54, 1.807) is 4.90 Å². The number of nitrogens with zero attached hydrogens (tertiary/aromatic N) is 1. The van der Waals surface area contributed by atoms with Crippen LogP contribution in [0.3, 0.4) is 0 Å². The molecule has 0 bridgehead atoms. The molecule has 0 spiro atoms. The van der Waals surface area contributed by atoms with E-state index < -0.39 is 12.1 Å². The van der Waals surface area contributed by atoms with Crippen molar-refractivity contribution in [2.45, 2.75) is 96.7 Å². The summed E-state index contributed by atoms with van der Waals surface area (Å²) >= 11 is 0. The van der Waals surface area contributed by atoms with Crippen LogP contribution >= 0.6 is 0 Å². The molecule has 180 valence electrons. The summed E-state index contributed by atoms with van der Waals surface area (Å²) in [7, 11) is 0. The number of hydrogen-bond acceptors (Lipinski definition) is 4. The summed E-state index contributed by atoms with van der Waals surface area (Å²) in [5.74, 6) is 1.73. The van der Waals surface area contributed by atoms with Crippen molar-refractivity contribution in [3.63, 3.8) is 0 Å². The average molecular weight is 448 g/mol. The summed E-state index contributed by atoms with van der Waals surface area (Å²) in [4.78, 5) is 26.3. The van der Waals surface area contributed by atoms with E-state index >= 15 is 0 Å². The van der Waals surface area contributed by atoms with Crippen LogP contribution in [0.25, 0.3) is 0 Å². The van der Waals surface area contributed by atoms with Crippen molar-refractivity contribution >= 4 is 12.1 Å². The number of carbonyl (C=O) groups excluding carboxylic acids is 1. The molecule has 9 atom stereocenters. The summed E-state index contributed by atoms with van der Waals surface area (Å²) < 4.78 is 5.95. The molecule has 5 rings (SSSR count). The number of ether oxygens (including phenoxy) is 1. The van der Waals surface area contributed by atoms with Crippen molar-refractivity contribution in [2.75, 3.05) is 13.1 Å². The molecule has 4 saturated carbocycles. The molecular formula is C26H41NO5. The number of amides is 1. The molecule has 6 nitrogen and oxygen atoms in total. The smallest absolute Gasteiger partial charge is 0.410 e. The zero-order valence-electron chi connectivity index (χ0n) is 19.8. The van der Waals surface area contributed by atoms with E-state index in [9.17, 15) is 19.8 Å². The second-order valence-electron chi connectivity index (χ2n) is 12.2. The van der Waals surface area contributed by atoms with Gasteiger partial charge in [-0.15, -0.1) is 0 Å². The van der Waals surface area contributed by atoms with Gasteiger partial charge in [-0.25, -0.2) is 4.79 Å². The third-order valence-corrected chi connectivity index (χ3v) is 10.8. The van der Waals surface area contributed by atoms with Crippen molar-refractivity contribution in [1.29, 1.82) is 0 Å². The number of piperidine rings is 1. The number of aliphatic hydroxyl groups excluding tert-OH is 1. The predicted molar refractivity (Wildman–Crippen MR) is 120 cm³/mol. The summed E-state index contributed by atoms with van der Waals surface area (Å²) in [6.45, 7) is 5.83. The van der Waals surface area contributed by atoms with Crippen LogP contribution in [0.2, 0.25) is 0 Å². The maximum Gasteiger partial charge on any atom is 0.410 e. The number of hydrogen-bond donors (Lipinski definition) is 2. The van der Waals surface area contributed by atoms with Crippen molar-refractivity contribution in [2.24, 2.45) is 40.4 Å². The van der Waals surface area contributed by atoms with E-state index in [0.717, 1.165) is 57.8 Å². The molecule has 0 aromatic heterocycles. The number of carboxylic acids is 1. The summed E-state index contributed by atoms with van der Waals surface area (Å²) in [5.41, 5.74) is 0.262. The monoisotopic (exact) mass is 447 g/mol. The molecule has 0 aromatic carbocycles. The normalized spacial score (nSPS) is 48.3. The maximum absolute atomic E-state index is 12.7. The highest BCUT2D eigenvalue weighted by Crippen LogP contribution is 2.67. The zero-order chi connectivity index (χ0) is 22.7. The van der Waals surface area contributed by atoms with Gasteiger partial charge in [-0.1, -0.05) is 13.8 Å².